The SMILES string of the molecule is Cc1ccc(S(=O)(=O)NCCCN)s1. The molecule has 0 aromatic carbocycles. The molecule has 1 aromatic heterocycles. The van der Waals surface area contributed by atoms with Crippen LogP contribution in [0.1, 0.15) is 11.3 Å². The van der Waals surface area contributed by atoms with Gasteiger partial charge in [-0.1, -0.05) is 0 Å². The quantitative estimate of drug-likeness (QED) is 0.736. The van der Waals surface area contributed by atoms with Crippen molar-refractivity contribution in [3.63, 3.8) is 0 Å². The van der Waals surface area contributed by atoms with E-state index in [2.05, 4.69) is 4.72 Å². The van der Waals surface area contributed by atoms with E-state index in [1.807, 2.05) is 6.92 Å². The second-order valence-corrected chi connectivity index (χ2v) is 6.19. The van der Waals surface area contributed by atoms with Gasteiger partial charge in [0.1, 0.15) is 4.21 Å². The zero-order valence-electron chi connectivity index (χ0n) is 7.99. The molecule has 0 aliphatic heterocycles. The molecular weight excluding hydrogens is 220 g/mol. The molecule has 4 nitrogen and oxygen atoms in total. The van der Waals surface area contributed by atoms with E-state index in [4.69, 9.17) is 5.73 Å². The lowest BCUT2D eigenvalue weighted by Gasteiger charge is -2.02. The molecule has 0 bridgehead atoms. The number of nitrogens with two attached hydrogens (primary N) is 1. The Morgan fingerprint density at radius 1 is 1.50 bits per heavy atom. The van der Waals surface area contributed by atoms with Gasteiger partial charge in [0, 0.05) is 11.4 Å². The van der Waals surface area contributed by atoms with Crippen molar-refractivity contribution in [3.05, 3.63) is 17.0 Å². The molecule has 0 saturated heterocycles. The first-order valence-corrected chi connectivity index (χ1v) is 6.62. The Labute approximate surface area is 88.2 Å². The summed E-state index contributed by atoms with van der Waals surface area (Å²) < 4.78 is 26.0. The van der Waals surface area contributed by atoms with Crippen molar-refractivity contribution in [2.24, 2.45) is 5.73 Å². The minimum Gasteiger partial charge on any atom is -0.330 e. The van der Waals surface area contributed by atoms with Crippen molar-refractivity contribution in [3.8, 4) is 0 Å². The van der Waals surface area contributed by atoms with Gasteiger partial charge in [-0.25, -0.2) is 13.1 Å². The molecule has 0 spiro atoms. The smallest absolute Gasteiger partial charge is 0.250 e. The van der Waals surface area contributed by atoms with Crippen LogP contribution >= 0.6 is 11.3 Å². The monoisotopic (exact) mass is 234 g/mol. The molecule has 0 amide bonds. The van der Waals surface area contributed by atoms with E-state index in [1.54, 1.807) is 12.1 Å². The van der Waals surface area contributed by atoms with Crippen molar-refractivity contribution >= 4 is 21.4 Å². The fourth-order valence-electron chi connectivity index (χ4n) is 0.936. The number of rotatable bonds is 5. The van der Waals surface area contributed by atoms with Gasteiger partial charge in [-0.2, -0.15) is 0 Å². The standard InChI is InChI=1S/C8H14N2O2S2/c1-7-3-4-8(13-7)14(11,12)10-6-2-5-9/h3-4,10H,2,5-6,9H2,1H3. The van der Waals surface area contributed by atoms with Crippen LogP contribution in [0.15, 0.2) is 16.3 Å². The highest BCUT2D eigenvalue weighted by Gasteiger charge is 2.14. The van der Waals surface area contributed by atoms with Crippen LogP contribution in [0.4, 0.5) is 0 Å². The number of thiophene rings is 1. The maximum atomic E-state index is 11.6. The van der Waals surface area contributed by atoms with Crippen molar-refractivity contribution in [2.75, 3.05) is 13.1 Å². The number of hydrogen-bond donors (Lipinski definition) is 2. The Morgan fingerprint density at radius 2 is 2.21 bits per heavy atom. The summed E-state index contributed by atoms with van der Waals surface area (Å²) >= 11 is 1.27. The van der Waals surface area contributed by atoms with Gasteiger partial charge in [0.05, 0.1) is 0 Å². The number of nitrogens with one attached hydrogen (secondary N) is 1. The molecule has 3 N–H and O–H groups in total. The lowest BCUT2D eigenvalue weighted by atomic mass is 10.4. The van der Waals surface area contributed by atoms with E-state index in [-0.39, 0.29) is 0 Å². The average Bonchev–Trinajstić information content (AvgIpc) is 2.53. The Balaban J connectivity index is 2.66. The summed E-state index contributed by atoms with van der Waals surface area (Å²) in [5.41, 5.74) is 5.27. The molecule has 14 heavy (non-hydrogen) atoms. The highest BCUT2D eigenvalue weighted by atomic mass is 32.2. The second-order valence-electron chi connectivity index (χ2n) is 2.91. The molecule has 6 heteroatoms. The zero-order valence-corrected chi connectivity index (χ0v) is 9.62. The number of sulfonamides is 1. The Bertz CT molecular complexity index is 384. The van der Waals surface area contributed by atoms with Crippen molar-refractivity contribution < 1.29 is 8.42 Å². The summed E-state index contributed by atoms with van der Waals surface area (Å²) in [6.45, 7) is 2.77. The Morgan fingerprint density at radius 3 is 2.71 bits per heavy atom. The summed E-state index contributed by atoms with van der Waals surface area (Å²) in [5.74, 6) is 0. The molecule has 80 valence electrons. The number of hydrogen-bond acceptors (Lipinski definition) is 4. The highest BCUT2D eigenvalue weighted by molar-refractivity contribution is 7.91. The lowest BCUT2D eigenvalue weighted by molar-refractivity contribution is 0.581. The van der Waals surface area contributed by atoms with Gasteiger partial charge in [0.25, 0.3) is 0 Å². The molecule has 0 aliphatic carbocycles. The molecule has 0 aliphatic rings. The van der Waals surface area contributed by atoms with Gasteiger partial charge in [-0.3, -0.25) is 0 Å². The first kappa shape index (κ1) is 11.6. The van der Waals surface area contributed by atoms with E-state index in [0.717, 1.165) is 4.88 Å². The Hall–Kier alpha value is -0.430. The molecule has 0 atom stereocenters. The van der Waals surface area contributed by atoms with E-state index < -0.39 is 10.0 Å². The van der Waals surface area contributed by atoms with Crippen LogP contribution < -0.4 is 10.5 Å². The summed E-state index contributed by atoms with van der Waals surface area (Å²) in [7, 11) is -3.30. The van der Waals surface area contributed by atoms with Crippen LogP contribution in [0.2, 0.25) is 0 Å². The normalized spacial score (nSPS) is 11.9. The molecule has 1 heterocycles. The zero-order chi connectivity index (χ0) is 10.6. The molecule has 0 radical (unpaired) electrons. The van der Waals surface area contributed by atoms with Gasteiger partial charge in [-0.15, -0.1) is 11.3 Å². The van der Waals surface area contributed by atoms with Gasteiger partial charge in [0.15, 0.2) is 0 Å². The first-order chi connectivity index (χ1) is 6.56. The summed E-state index contributed by atoms with van der Waals surface area (Å²) in [6, 6.07) is 3.41. The summed E-state index contributed by atoms with van der Waals surface area (Å²) in [5, 5.41) is 0. The van der Waals surface area contributed by atoms with Crippen molar-refractivity contribution in [1.82, 2.24) is 4.72 Å². The Kier molecular flexibility index (Phi) is 4.06. The van der Waals surface area contributed by atoms with E-state index in [1.165, 1.54) is 11.3 Å². The van der Waals surface area contributed by atoms with E-state index >= 15 is 0 Å². The maximum Gasteiger partial charge on any atom is 0.250 e. The van der Waals surface area contributed by atoms with Crippen LogP contribution in [-0.4, -0.2) is 21.5 Å². The van der Waals surface area contributed by atoms with Crippen LogP contribution in [-0.2, 0) is 10.0 Å². The highest BCUT2D eigenvalue weighted by Crippen LogP contribution is 2.19. The maximum absolute atomic E-state index is 11.6. The van der Waals surface area contributed by atoms with Crippen LogP contribution in [0.5, 0.6) is 0 Å². The van der Waals surface area contributed by atoms with Crippen LogP contribution in [0.3, 0.4) is 0 Å². The molecule has 0 unspecified atom stereocenters. The van der Waals surface area contributed by atoms with Gasteiger partial charge >= 0.3 is 0 Å². The average molecular weight is 234 g/mol. The van der Waals surface area contributed by atoms with Crippen LogP contribution in [0.25, 0.3) is 0 Å². The van der Waals surface area contributed by atoms with E-state index in [0.29, 0.717) is 23.7 Å². The molecule has 0 fully saturated rings. The van der Waals surface area contributed by atoms with Crippen molar-refractivity contribution in [2.45, 2.75) is 17.6 Å². The third-order valence-corrected chi connectivity index (χ3v) is 4.61. The minimum atomic E-state index is -3.30. The fourth-order valence-corrected chi connectivity index (χ4v) is 3.34. The van der Waals surface area contributed by atoms with Gasteiger partial charge in [0.2, 0.25) is 10.0 Å². The fraction of sp³-hybridized carbons (Fsp3) is 0.500. The predicted molar refractivity (Wildman–Crippen MR) is 57.9 cm³/mol. The van der Waals surface area contributed by atoms with Crippen LogP contribution in [0, 0.1) is 6.92 Å². The van der Waals surface area contributed by atoms with Gasteiger partial charge in [-0.05, 0) is 32.0 Å². The van der Waals surface area contributed by atoms with Gasteiger partial charge < -0.3 is 5.73 Å². The summed E-state index contributed by atoms with van der Waals surface area (Å²) in [4.78, 5) is 0.990. The third-order valence-electron chi connectivity index (χ3n) is 1.65. The topological polar surface area (TPSA) is 72.2 Å². The third kappa shape index (κ3) is 3.06. The minimum absolute atomic E-state index is 0.368. The number of aryl methyl sites for hydroxylation is 1. The lowest BCUT2D eigenvalue weighted by Crippen LogP contribution is -2.25. The molecule has 0 saturated carbocycles. The molecular formula is C8H14N2O2S2. The molecule has 1 rings (SSSR count). The van der Waals surface area contributed by atoms with Crippen molar-refractivity contribution in [1.29, 1.82) is 0 Å². The van der Waals surface area contributed by atoms with E-state index in [9.17, 15) is 8.42 Å². The molecule has 1 aromatic rings. The summed E-state index contributed by atoms with van der Waals surface area (Å²) in [6.07, 6.45) is 0.656. The predicted octanol–water partition coefficient (Wildman–Crippen LogP) is 0.684. The first-order valence-electron chi connectivity index (χ1n) is 4.32. The largest absolute Gasteiger partial charge is 0.330 e. The second kappa shape index (κ2) is 4.88.